The molecule has 0 heterocycles. The van der Waals surface area contributed by atoms with Crippen molar-refractivity contribution in [1.82, 2.24) is 5.32 Å². The predicted molar refractivity (Wildman–Crippen MR) is 77.8 cm³/mol. The predicted octanol–water partition coefficient (Wildman–Crippen LogP) is 4.64. The lowest BCUT2D eigenvalue weighted by Gasteiger charge is -2.16. The van der Waals surface area contributed by atoms with Crippen LogP contribution >= 0.6 is 11.6 Å². The molecule has 1 N–H and O–H groups in total. The van der Waals surface area contributed by atoms with E-state index in [0.29, 0.717) is 5.02 Å². The van der Waals surface area contributed by atoms with E-state index < -0.39 is 0 Å². The van der Waals surface area contributed by atoms with Gasteiger partial charge in [0.05, 0.1) is 0 Å². The van der Waals surface area contributed by atoms with Crippen LogP contribution in [0.5, 0.6) is 0 Å². The van der Waals surface area contributed by atoms with Crippen LogP contribution in [0.4, 0.5) is 4.39 Å². The fraction of sp³-hybridized carbons (Fsp3) is 0.250. The Morgan fingerprint density at radius 2 is 1.95 bits per heavy atom. The van der Waals surface area contributed by atoms with Crippen LogP contribution in [-0.4, -0.2) is 0 Å². The molecule has 2 rings (SSSR count). The van der Waals surface area contributed by atoms with Crippen LogP contribution < -0.4 is 5.32 Å². The highest BCUT2D eigenvalue weighted by Gasteiger charge is 2.10. The van der Waals surface area contributed by atoms with Crippen molar-refractivity contribution < 1.29 is 4.39 Å². The Balaban J connectivity index is 2.05. The molecule has 0 fully saturated rings. The van der Waals surface area contributed by atoms with E-state index >= 15 is 0 Å². The van der Waals surface area contributed by atoms with Crippen molar-refractivity contribution in [3.63, 3.8) is 0 Å². The van der Waals surface area contributed by atoms with Crippen molar-refractivity contribution in [3.05, 3.63) is 70.0 Å². The van der Waals surface area contributed by atoms with Gasteiger partial charge in [-0.2, -0.15) is 0 Å². The highest BCUT2D eigenvalue weighted by molar-refractivity contribution is 6.31. The Labute approximate surface area is 118 Å². The standard InChI is InChI=1S/C16H17ClFN/c1-11-5-3-4-6-13(11)10-19-12(2)15-8-7-14(18)9-16(15)17/h3-9,12,19H,10H2,1-2H3. The van der Waals surface area contributed by atoms with E-state index in [1.807, 2.05) is 19.1 Å². The molecular weight excluding hydrogens is 261 g/mol. The van der Waals surface area contributed by atoms with Gasteiger partial charge in [-0.3, -0.25) is 0 Å². The van der Waals surface area contributed by atoms with E-state index in [1.165, 1.54) is 23.3 Å². The summed E-state index contributed by atoms with van der Waals surface area (Å²) in [5.74, 6) is -0.306. The Hall–Kier alpha value is -1.38. The van der Waals surface area contributed by atoms with E-state index in [9.17, 15) is 4.39 Å². The van der Waals surface area contributed by atoms with Crippen LogP contribution in [0.1, 0.15) is 29.7 Å². The third kappa shape index (κ3) is 3.55. The molecule has 1 atom stereocenters. The lowest BCUT2D eigenvalue weighted by atomic mass is 10.1. The minimum Gasteiger partial charge on any atom is -0.306 e. The zero-order valence-corrected chi connectivity index (χ0v) is 11.8. The first kappa shape index (κ1) is 14.0. The van der Waals surface area contributed by atoms with E-state index in [1.54, 1.807) is 6.07 Å². The molecular formula is C16H17ClFN. The average molecular weight is 278 g/mol. The van der Waals surface area contributed by atoms with Crippen LogP contribution in [0.15, 0.2) is 42.5 Å². The maximum Gasteiger partial charge on any atom is 0.124 e. The Kier molecular flexibility index (Phi) is 4.56. The summed E-state index contributed by atoms with van der Waals surface area (Å²) in [6.07, 6.45) is 0. The SMILES string of the molecule is Cc1ccccc1CNC(C)c1ccc(F)cc1Cl. The summed E-state index contributed by atoms with van der Waals surface area (Å²) in [5, 5.41) is 3.87. The summed E-state index contributed by atoms with van der Waals surface area (Å²) in [4.78, 5) is 0. The minimum absolute atomic E-state index is 0.0766. The van der Waals surface area contributed by atoms with E-state index in [4.69, 9.17) is 11.6 Å². The molecule has 2 aromatic carbocycles. The van der Waals surface area contributed by atoms with Crippen molar-refractivity contribution >= 4 is 11.6 Å². The summed E-state index contributed by atoms with van der Waals surface area (Å²) >= 11 is 6.06. The maximum absolute atomic E-state index is 13.0. The summed E-state index contributed by atoms with van der Waals surface area (Å²) in [5.41, 5.74) is 3.43. The number of aryl methyl sites for hydroxylation is 1. The molecule has 0 aliphatic heterocycles. The summed E-state index contributed by atoms with van der Waals surface area (Å²) in [6, 6.07) is 12.8. The van der Waals surface area contributed by atoms with E-state index in [2.05, 4.69) is 24.4 Å². The molecule has 0 saturated carbocycles. The monoisotopic (exact) mass is 277 g/mol. The third-order valence-corrected chi connectivity index (χ3v) is 3.62. The molecule has 0 bridgehead atoms. The van der Waals surface area contributed by atoms with Gasteiger partial charge in [-0.05, 0) is 42.7 Å². The summed E-state index contributed by atoms with van der Waals surface area (Å²) in [6.45, 7) is 4.88. The first-order valence-corrected chi connectivity index (χ1v) is 6.68. The van der Waals surface area contributed by atoms with Gasteiger partial charge < -0.3 is 5.32 Å². The molecule has 1 nitrogen and oxygen atoms in total. The van der Waals surface area contributed by atoms with Gasteiger partial charge in [-0.1, -0.05) is 41.9 Å². The molecule has 19 heavy (non-hydrogen) atoms. The molecule has 3 heteroatoms. The topological polar surface area (TPSA) is 12.0 Å². The molecule has 0 amide bonds. The van der Waals surface area contributed by atoms with Gasteiger partial charge in [-0.25, -0.2) is 4.39 Å². The zero-order chi connectivity index (χ0) is 13.8. The molecule has 0 saturated heterocycles. The molecule has 2 aromatic rings. The number of benzene rings is 2. The number of hydrogen-bond donors (Lipinski definition) is 1. The number of nitrogens with one attached hydrogen (secondary N) is 1. The van der Waals surface area contributed by atoms with Gasteiger partial charge in [0.2, 0.25) is 0 Å². The lowest BCUT2D eigenvalue weighted by molar-refractivity contribution is 0.570. The quantitative estimate of drug-likeness (QED) is 0.858. The second kappa shape index (κ2) is 6.18. The van der Waals surface area contributed by atoms with Gasteiger partial charge in [0.1, 0.15) is 5.82 Å². The van der Waals surface area contributed by atoms with Gasteiger partial charge in [0, 0.05) is 17.6 Å². The van der Waals surface area contributed by atoms with Gasteiger partial charge in [0.25, 0.3) is 0 Å². The zero-order valence-electron chi connectivity index (χ0n) is 11.1. The first-order valence-electron chi connectivity index (χ1n) is 6.31. The van der Waals surface area contributed by atoms with Gasteiger partial charge >= 0.3 is 0 Å². The highest BCUT2D eigenvalue weighted by atomic mass is 35.5. The fourth-order valence-corrected chi connectivity index (χ4v) is 2.37. The highest BCUT2D eigenvalue weighted by Crippen LogP contribution is 2.24. The van der Waals surface area contributed by atoms with E-state index in [0.717, 1.165) is 12.1 Å². The van der Waals surface area contributed by atoms with Crippen LogP contribution in [-0.2, 0) is 6.54 Å². The lowest BCUT2D eigenvalue weighted by Crippen LogP contribution is -2.19. The van der Waals surface area contributed by atoms with Crippen molar-refractivity contribution in [1.29, 1.82) is 0 Å². The van der Waals surface area contributed by atoms with Gasteiger partial charge in [0.15, 0.2) is 0 Å². The Bertz CT molecular complexity index is 568. The van der Waals surface area contributed by atoms with Gasteiger partial charge in [-0.15, -0.1) is 0 Å². The van der Waals surface area contributed by atoms with Crippen LogP contribution in [0.3, 0.4) is 0 Å². The first-order chi connectivity index (χ1) is 9.08. The molecule has 100 valence electrons. The van der Waals surface area contributed by atoms with Crippen LogP contribution in [0.2, 0.25) is 5.02 Å². The summed E-state index contributed by atoms with van der Waals surface area (Å²) in [7, 11) is 0. The summed E-state index contributed by atoms with van der Waals surface area (Å²) < 4.78 is 13.0. The fourth-order valence-electron chi connectivity index (χ4n) is 2.03. The van der Waals surface area contributed by atoms with E-state index in [-0.39, 0.29) is 11.9 Å². The molecule has 0 aliphatic carbocycles. The largest absolute Gasteiger partial charge is 0.306 e. The molecule has 0 spiro atoms. The number of halogens is 2. The molecule has 0 radical (unpaired) electrons. The second-order valence-corrected chi connectivity index (χ2v) is 5.10. The minimum atomic E-state index is -0.306. The number of rotatable bonds is 4. The smallest absolute Gasteiger partial charge is 0.124 e. The molecule has 0 aromatic heterocycles. The van der Waals surface area contributed by atoms with Crippen molar-refractivity contribution in [2.75, 3.05) is 0 Å². The second-order valence-electron chi connectivity index (χ2n) is 4.69. The van der Waals surface area contributed by atoms with Crippen LogP contribution in [0, 0.1) is 12.7 Å². The van der Waals surface area contributed by atoms with Crippen molar-refractivity contribution in [3.8, 4) is 0 Å². The average Bonchev–Trinajstić information content (AvgIpc) is 2.37. The maximum atomic E-state index is 13.0. The molecule has 0 aliphatic rings. The third-order valence-electron chi connectivity index (χ3n) is 3.29. The van der Waals surface area contributed by atoms with Crippen molar-refractivity contribution in [2.24, 2.45) is 0 Å². The molecule has 1 unspecified atom stereocenters. The van der Waals surface area contributed by atoms with Crippen molar-refractivity contribution in [2.45, 2.75) is 26.4 Å². The van der Waals surface area contributed by atoms with Crippen LogP contribution in [0.25, 0.3) is 0 Å². The number of hydrogen-bond acceptors (Lipinski definition) is 1. The Morgan fingerprint density at radius 3 is 2.63 bits per heavy atom. The Morgan fingerprint density at radius 1 is 1.21 bits per heavy atom. The normalized spacial score (nSPS) is 12.4.